The van der Waals surface area contributed by atoms with Gasteiger partial charge in [-0.1, -0.05) is 6.42 Å². The molecule has 102 valence electrons. The second kappa shape index (κ2) is 3.69. The molecule has 1 spiro atoms. The number of pyridine rings is 2. The Kier molecular flexibility index (Phi) is 2.14. The van der Waals surface area contributed by atoms with Crippen molar-refractivity contribution in [2.75, 3.05) is 19.1 Å². The van der Waals surface area contributed by atoms with Gasteiger partial charge in [0, 0.05) is 24.1 Å². The molecule has 0 N–H and O–H groups in total. The van der Waals surface area contributed by atoms with E-state index in [1.807, 2.05) is 13.1 Å². The summed E-state index contributed by atoms with van der Waals surface area (Å²) in [6.45, 7) is 0. The van der Waals surface area contributed by atoms with E-state index in [4.69, 9.17) is 4.74 Å². The van der Waals surface area contributed by atoms with Crippen molar-refractivity contribution in [1.82, 2.24) is 9.97 Å². The number of ether oxygens (including phenoxy) is 1. The van der Waals surface area contributed by atoms with Crippen molar-refractivity contribution in [3.05, 3.63) is 24.0 Å². The number of amides is 1. The highest BCUT2D eigenvalue weighted by atomic mass is 16.5. The third-order valence-corrected chi connectivity index (χ3v) is 4.68. The number of hydrogen-bond donors (Lipinski definition) is 0. The molecule has 2 aromatic rings. The van der Waals surface area contributed by atoms with Gasteiger partial charge in [0.25, 0.3) is 0 Å². The summed E-state index contributed by atoms with van der Waals surface area (Å²) in [6.07, 6.45) is 6.45. The standard InChI is InChI=1S/C15H15N3O2/c1-18-11-8-16-10-7-17-12(20-2)6-9(10)13(11)15(14(18)19)4-3-5-15/h6-8H,3-5H2,1-2H3. The summed E-state index contributed by atoms with van der Waals surface area (Å²) in [5, 5.41) is 0.992. The predicted octanol–water partition coefficient (Wildman–Crippen LogP) is 2.04. The van der Waals surface area contributed by atoms with E-state index < -0.39 is 0 Å². The molecule has 2 aromatic heterocycles. The van der Waals surface area contributed by atoms with Crippen molar-refractivity contribution in [2.24, 2.45) is 0 Å². The molecule has 20 heavy (non-hydrogen) atoms. The molecule has 5 nitrogen and oxygen atoms in total. The molecule has 4 rings (SSSR count). The molecule has 1 aliphatic heterocycles. The molecule has 0 atom stereocenters. The zero-order valence-corrected chi connectivity index (χ0v) is 11.5. The van der Waals surface area contributed by atoms with Crippen LogP contribution in [0.4, 0.5) is 5.69 Å². The van der Waals surface area contributed by atoms with Crippen molar-refractivity contribution in [3.63, 3.8) is 0 Å². The summed E-state index contributed by atoms with van der Waals surface area (Å²) >= 11 is 0. The lowest BCUT2D eigenvalue weighted by atomic mass is 9.64. The highest BCUT2D eigenvalue weighted by Crippen LogP contribution is 2.54. The van der Waals surface area contributed by atoms with Crippen molar-refractivity contribution in [2.45, 2.75) is 24.7 Å². The normalized spacial score (nSPS) is 19.3. The van der Waals surface area contributed by atoms with Gasteiger partial charge < -0.3 is 9.64 Å². The van der Waals surface area contributed by atoms with Gasteiger partial charge in [0.2, 0.25) is 11.8 Å². The first-order valence-corrected chi connectivity index (χ1v) is 6.79. The number of fused-ring (bicyclic) bond motifs is 4. The lowest BCUT2D eigenvalue weighted by Crippen LogP contribution is -2.43. The van der Waals surface area contributed by atoms with Crippen LogP contribution in [0.5, 0.6) is 5.88 Å². The first kappa shape index (κ1) is 11.6. The van der Waals surface area contributed by atoms with Crippen molar-refractivity contribution >= 4 is 22.5 Å². The van der Waals surface area contributed by atoms with Crippen LogP contribution in [-0.4, -0.2) is 30.0 Å². The first-order valence-electron chi connectivity index (χ1n) is 6.79. The second-order valence-corrected chi connectivity index (χ2v) is 5.56. The van der Waals surface area contributed by atoms with E-state index in [1.54, 1.807) is 24.4 Å². The largest absolute Gasteiger partial charge is 0.481 e. The van der Waals surface area contributed by atoms with Gasteiger partial charge in [-0.05, 0) is 12.8 Å². The number of methoxy groups -OCH3 is 1. The molecule has 5 heteroatoms. The number of rotatable bonds is 1. The topological polar surface area (TPSA) is 55.3 Å². The van der Waals surface area contributed by atoms with E-state index in [0.29, 0.717) is 5.88 Å². The molecule has 3 heterocycles. The Bertz CT molecular complexity index is 737. The Labute approximate surface area is 116 Å². The number of carbonyl (C=O) groups excluding carboxylic acids is 1. The van der Waals surface area contributed by atoms with Crippen LogP contribution in [0.15, 0.2) is 18.5 Å². The smallest absolute Gasteiger partial charge is 0.237 e. The zero-order valence-electron chi connectivity index (χ0n) is 11.5. The highest BCUT2D eigenvalue weighted by molar-refractivity contribution is 6.12. The van der Waals surface area contributed by atoms with Crippen LogP contribution in [0.1, 0.15) is 24.8 Å². The summed E-state index contributed by atoms with van der Waals surface area (Å²) in [7, 11) is 3.43. The molecule has 0 unspecified atom stereocenters. The number of nitrogens with zero attached hydrogens (tertiary/aromatic N) is 3. The molecule has 0 bridgehead atoms. The van der Waals surface area contributed by atoms with E-state index in [9.17, 15) is 4.79 Å². The van der Waals surface area contributed by atoms with Crippen LogP contribution in [0, 0.1) is 0 Å². The molecule has 0 radical (unpaired) electrons. The molecule has 2 aliphatic rings. The Hall–Kier alpha value is -2.17. The molecule has 1 aliphatic carbocycles. The maximum Gasteiger partial charge on any atom is 0.237 e. The fourth-order valence-electron chi connectivity index (χ4n) is 3.47. The zero-order chi connectivity index (χ0) is 13.9. The first-order chi connectivity index (χ1) is 9.67. The van der Waals surface area contributed by atoms with Gasteiger partial charge in [-0.2, -0.15) is 0 Å². The van der Waals surface area contributed by atoms with Crippen LogP contribution in [0.3, 0.4) is 0 Å². The summed E-state index contributed by atoms with van der Waals surface area (Å²) in [5.74, 6) is 0.757. The SMILES string of the molecule is COc1cc2c3c(cnc2cn1)N(C)C(=O)C31CCC1. The van der Waals surface area contributed by atoms with Gasteiger partial charge in [-0.15, -0.1) is 0 Å². The molecule has 1 fully saturated rings. The van der Waals surface area contributed by atoms with Gasteiger partial charge in [0.1, 0.15) is 0 Å². The minimum Gasteiger partial charge on any atom is -0.481 e. The van der Waals surface area contributed by atoms with Crippen molar-refractivity contribution in [1.29, 1.82) is 0 Å². The minimum atomic E-state index is -0.336. The highest BCUT2D eigenvalue weighted by Gasteiger charge is 2.54. The van der Waals surface area contributed by atoms with E-state index in [2.05, 4.69) is 9.97 Å². The third kappa shape index (κ3) is 1.20. The lowest BCUT2D eigenvalue weighted by molar-refractivity contribution is -0.125. The van der Waals surface area contributed by atoms with Gasteiger partial charge in [-0.3, -0.25) is 9.78 Å². The van der Waals surface area contributed by atoms with Gasteiger partial charge in [-0.25, -0.2) is 4.98 Å². The number of likely N-dealkylation sites (N-methyl/N-ethyl adjacent to an activating group) is 1. The van der Waals surface area contributed by atoms with Crippen molar-refractivity contribution in [3.8, 4) is 5.88 Å². The molecular weight excluding hydrogens is 254 g/mol. The van der Waals surface area contributed by atoms with Crippen LogP contribution in [-0.2, 0) is 10.2 Å². The summed E-state index contributed by atoms with van der Waals surface area (Å²) in [5.41, 5.74) is 2.52. The Morgan fingerprint density at radius 3 is 2.75 bits per heavy atom. The van der Waals surface area contributed by atoms with Crippen LogP contribution >= 0.6 is 0 Å². The average molecular weight is 269 g/mol. The van der Waals surface area contributed by atoms with E-state index in [0.717, 1.165) is 41.4 Å². The fraction of sp³-hybridized carbons (Fsp3) is 0.400. The number of aromatic nitrogens is 2. The molecule has 1 amide bonds. The maximum atomic E-state index is 12.6. The fourth-order valence-corrected chi connectivity index (χ4v) is 3.47. The Morgan fingerprint density at radius 2 is 2.10 bits per heavy atom. The molecule has 1 saturated carbocycles. The quantitative estimate of drug-likeness (QED) is 0.795. The van der Waals surface area contributed by atoms with Crippen LogP contribution in [0.2, 0.25) is 0 Å². The summed E-state index contributed by atoms with van der Waals surface area (Å²) < 4.78 is 5.22. The predicted molar refractivity (Wildman–Crippen MR) is 75.0 cm³/mol. The number of anilines is 1. The second-order valence-electron chi connectivity index (χ2n) is 5.56. The van der Waals surface area contributed by atoms with Crippen molar-refractivity contribution < 1.29 is 9.53 Å². The van der Waals surface area contributed by atoms with E-state index in [1.165, 1.54) is 0 Å². The molecule has 0 aromatic carbocycles. The monoisotopic (exact) mass is 269 g/mol. The van der Waals surface area contributed by atoms with Crippen LogP contribution in [0.25, 0.3) is 10.9 Å². The Balaban J connectivity index is 2.08. The average Bonchev–Trinajstić information content (AvgIpc) is 2.67. The number of hydrogen-bond acceptors (Lipinski definition) is 4. The lowest BCUT2D eigenvalue weighted by Gasteiger charge is -2.37. The van der Waals surface area contributed by atoms with E-state index in [-0.39, 0.29) is 11.3 Å². The van der Waals surface area contributed by atoms with Gasteiger partial charge in [0.05, 0.1) is 36.1 Å². The minimum absolute atomic E-state index is 0.198. The van der Waals surface area contributed by atoms with E-state index >= 15 is 0 Å². The van der Waals surface area contributed by atoms with Gasteiger partial charge >= 0.3 is 0 Å². The summed E-state index contributed by atoms with van der Waals surface area (Å²) in [4.78, 5) is 23.0. The van der Waals surface area contributed by atoms with Gasteiger partial charge in [0.15, 0.2) is 0 Å². The summed E-state index contributed by atoms with van der Waals surface area (Å²) in [6, 6.07) is 1.90. The molecule has 0 saturated heterocycles. The third-order valence-electron chi connectivity index (χ3n) is 4.68. The number of carbonyl (C=O) groups is 1. The maximum absolute atomic E-state index is 12.6. The Morgan fingerprint density at radius 1 is 1.30 bits per heavy atom. The van der Waals surface area contributed by atoms with Crippen LogP contribution < -0.4 is 9.64 Å². The molecular formula is C15H15N3O2.